The normalized spacial score (nSPS) is 19.6. The summed E-state index contributed by atoms with van der Waals surface area (Å²) < 4.78 is 1.62. The first kappa shape index (κ1) is 12.7. The monoisotopic (exact) mass is 270 g/mol. The molecule has 0 amide bonds. The van der Waals surface area contributed by atoms with E-state index in [-0.39, 0.29) is 17.9 Å². The third kappa shape index (κ3) is 1.86. The highest BCUT2D eigenvalue weighted by Gasteiger charge is 2.36. The molecule has 0 spiro atoms. The van der Waals surface area contributed by atoms with Crippen molar-refractivity contribution in [1.29, 1.82) is 0 Å². The Morgan fingerprint density at radius 3 is 2.85 bits per heavy atom. The number of ketones is 3. The highest BCUT2D eigenvalue weighted by atomic mass is 16.2. The number of aryl methyl sites for hydroxylation is 1. The van der Waals surface area contributed by atoms with Crippen LogP contribution in [0.2, 0.25) is 0 Å². The van der Waals surface area contributed by atoms with E-state index >= 15 is 0 Å². The molecule has 20 heavy (non-hydrogen) atoms. The lowest BCUT2D eigenvalue weighted by molar-refractivity contribution is -0.139. The van der Waals surface area contributed by atoms with Crippen LogP contribution in [0.15, 0.2) is 24.3 Å². The summed E-state index contributed by atoms with van der Waals surface area (Å²) in [5, 5.41) is 4.96. The fourth-order valence-corrected chi connectivity index (χ4v) is 2.73. The van der Waals surface area contributed by atoms with Crippen LogP contribution in [0.3, 0.4) is 0 Å². The number of carbonyl (C=O) groups is 3. The van der Waals surface area contributed by atoms with Crippen LogP contribution in [-0.4, -0.2) is 27.1 Å². The van der Waals surface area contributed by atoms with Crippen molar-refractivity contribution in [3.05, 3.63) is 30.0 Å². The molecule has 0 radical (unpaired) electrons. The molecule has 2 aromatic rings. The molecule has 1 atom stereocenters. The van der Waals surface area contributed by atoms with E-state index in [1.54, 1.807) is 11.7 Å². The molecule has 0 saturated heterocycles. The zero-order valence-electron chi connectivity index (χ0n) is 11.1. The second-order valence-electron chi connectivity index (χ2n) is 5.09. The molecule has 5 nitrogen and oxygen atoms in total. The Morgan fingerprint density at radius 1 is 1.30 bits per heavy atom. The van der Waals surface area contributed by atoms with Gasteiger partial charge in [0.15, 0.2) is 11.6 Å². The molecule has 3 rings (SSSR count). The first-order chi connectivity index (χ1) is 9.59. The summed E-state index contributed by atoms with van der Waals surface area (Å²) in [6, 6.07) is 7.37. The first-order valence-electron chi connectivity index (χ1n) is 6.62. The van der Waals surface area contributed by atoms with E-state index < -0.39 is 17.5 Å². The topological polar surface area (TPSA) is 69.0 Å². The minimum absolute atomic E-state index is 0.256. The minimum atomic E-state index is -0.852. The molecule has 1 fully saturated rings. The van der Waals surface area contributed by atoms with E-state index in [4.69, 9.17) is 0 Å². The molecular weight excluding hydrogens is 256 g/mol. The van der Waals surface area contributed by atoms with Crippen molar-refractivity contribution in [2.45, 2.75) is 19.3 Å². The average molecular weight is 270 g/mol. The minimum Gasteiger partial charge on any atom is -0.292 e. The third-order valence-corrected chi connectivity index (χ3v) is 3.80. The van der Waals surface area contributed by atoms with Gasteiger partial charge in [0, 0.05) is 18.9 Å². The van der Waals surface area contributed by atoms with Gasteiger partial charge >= 0.3 is 0 Å². The number of para-hydroxylation sites is 1. The van der Waals surface area contributed by atoms with Gasteiger partial charge in [-0.2, -0.15) is 5.10 Å². The lowest BCUT2D eigenvalue weighted by Crippen LogP contribution is -2.34. The maximum atomic E-state index is 12.5. The van der Waals surface area contributed by atoms with Crippen molar-refractivity contribution in [3.8, 4) is 0 Å². The van der Waals surface area contributed by atoms with Gasteiger partial charge in [-0.25, -0.2) is 0 Å². The van der Waals surface area contributed by atoms with Crippen molar-refractivity contribution >= 4 is 28.3 Å². The summed E-state index contributed by atoms with van der Waals surface area (Å²) >= 11 is 0. The Balaban J connectivity index is 2.05. The Bertz CT molecular complexity index is 730. The van der Waals surface area contributed by atoms with Crippen LogP contribution in [0.4, 0.5) is 0 Å². The summed E-state index contributed by atoms with van der Waals surface area (Å²) in [6.07, 6.45) is 1.28. The second-order valence-corrected chi connectivity index (χ2v) is 5.09. The number of fused-ring (bicyclic) bond motifs is 1. The van der Waals surface area contributed by atoms with Crippen LogP contribution in [0.5, 0.6) is 0 Å². The largest absolute Gasteiger partial charge is 0.292 e. The molecule has 0 N–H and O–H groups in total. The molecule has 1 aromatic carbocycles. The Labute approximate surface area is 115 Å². The van der Waals surface area contributed by atoms with E-state index in [0.717, 1.165) is 10.9 Å². The zero-order valence-corrected chi connectivity index (χ0v) is 11.1. The number of aromatic nitrogens is 2. The summed E-state index contributed by atoms with van der Waals surface area (Å²) in [7, 11) is 1.76. The number of hydrogen-bond acceptors (Lipinski definition) is 4. The smallest absolute Gasteiger partial charge is 0.209 e. The number of nitrogens with zero attached hydrogens (tertiary/aromatic N) is 2. The number of carbonyl (C=O) groups excluding carboxylic acids is 3. The molecule has 1 aliphatic carbocycles. The summed E-state index contributed by atoms with van der Waals surface area (Å²) in [6.45, 7) is 0. The van der Waals surface area contributed by atoms with Crippen LogP contribution in [0.25, 0.3) is 10.9 Å². The molecule has 1 aromatic heterocycles. The number of benzene rings is 1. The zero-order chi connectivity index (χ0) is 14.3. The first-order valence-corrected chi connectivity index (χ1v) is 6.62. The highest BCUT2D eigenvalue weighted by molar-refractivity contribution is 6.43. The van der Waals surface area contributed by atoms with Crippen molar-refractivity contribution in [1.82, 2.24) is 9.78 Å². The van der Waals surface area contributed by atoms with E-state index in [2.05, 4.69) is 5.10 Å². The summed E-state index contributed by atoms with van der Waals surface area (Å²) in [5.41, 5.74) is 1.13. The van der Waals surface area contributed by atoms with Crippen molar-refractivity contribution in [2.75, 3.05) is 0 Å². The molecule has 0 aliphatic heterocycles. The van der Waals surface area contributed by atoms with E-state index in [9.17, 15) is 14.4 Å². The summed E-state index contributed by atoms with van der Waals surface area (Å²) in [5.74, 6) is -2.18. The number of rotatable bonds is 2. The molecule has 102 valence electrons. The van der Waals surface area contributed by atoms with Gasteiger partial charge in [-0.05, 0) is 18.9 Å². The Kier molecular flexibility index (Phi) is 2.97. The molecule has 1 heterocycles. The van der Waals surface area contributed by atoms with E-state index in [0.29, 0.717) is 12.8 Å². The molecule has 1 saturated carbocycles. The van der Waals surface area contributed by atoms with Crippen LogP contribution < -0.4 is 0 Å². The predicted octanol–water partition coefficient (Wildman–Crippen LogP) is 1.69. The third-order valence-electron chi connectivity index (χ3n) is 3.80. The Morgan fingerprint density at radius 2 is 2.05 bits per heavy atom. The van der Waals surface area contributed by atoms with Crippen molar-refractivity contribution in [2.24, 2.45) is 13.0 Å². The van der Waals surface area contributed by atoms with Crippen LogP contribution in [0, 0.1) is 5.92 Å². The second kappa shape index (κ2) is 4.67. The fraction of sp³-hybridized carbons (Fsp3) is 0.333. The van der Waals surface area contributed by atoms with Gasteiger partial charge < -0.3 is 0 Å². The number of Topliss-reactive ketones (excluding diaryl/α,β-unsaturated/α-hetero) is 3. The van der Waals surface area contributed by atoms with Gasteiger partial charge in [-0.15, -0.1) is 0 Å². The summed E-state index contributed by atoms with van der Waals surface area (Å²) in [4.78, 5) is 35.9. The van der Waals surface area contributed by atoms with Gasteiger partial charge in [0.05, 0.1) is 11.4 Å². The van der Waals surface area contributed by atoms with Gasteiger partial charge in [0.2, 0.25) is 5.78 Å². The van der Waals surface area contributed by atoms with E-state index in [1.165, 1.54) is 0 Å². The standard InChI is InChI=1S/C15H14N2O3/c1-17-11-7-3-2-5-9(11)13(16-17)15(20)10-6-4-8-12(18)14(10)19/h2-3,5,7,10H,4,6,8H2,1H3. The van der Waals surface area contributed by atoms with Gasteiger partial charge in [-0.1, -0.05) is 18.2 Å². The van der Waals surface area contributed by atoms with Gasteiger partial charge in [0.25, 0.3) is 0 Å². The quantitative estimate of drug-likeness (QED) is 0.473. The van der Waals surface area contributed by atoms with Gasteiger partial charge in [-0.3, -0.25) is 19.1 Å². The van der Waals surface area contributed by atoms with Crippen LogP contribution >= 0.6 is 0 Å². The Hall–Kier alpha value is -2.30. The predicted molar refractivity (Wildman–Crippen MR) is 72.4 cm³/mol. The van der Waals surface area contributed by atoms with Crippen LogP contribution in [0.1, 0.15) is 29.8 Å². The number of hydrogen-bond donors (Lipinski definition) is 0. The van der Waals surface area contributed by atoms with Crippen molar-refractivity contribution in [3.63, 3.8) is 0 Å². The molecule has 1 unspecified atom stereocenters. The van der Waals surface area contributed by atoms with E-state index in [1.807, 2.05) is 24.3 Å². The maximum absolute atomic E-state index is 12.5. The van der Waals surface area contributed by atoms with Crippen molar-refractivity contribution < 1.29 is 14.4 Å². The van der Waals surface area contributed by atoms with Gasteiger partial charge in [0.1, 0.15) is 5.69 Å². The lowest BCUT2D eigenvalue weighted by Gasteiger charge is -2.17. The molecule has 1 aliphatic rings. The molecule has 0 bridgehead atoms. The fourth-order valence-electron chi connectivity index (χ4n) is 2.73. The maximum Gasteiger partial charge on any atom is 0.209 e. The average Bonchev–Trinajstić information content (AvgIpc) is 2.79. The lowest BCUT2D eigenvalue weighted by atomic mass is 9.83. The molecule has 5 heteroatoms. The molecular formula is C15H14N2O3. The van der Waals surface area contributed by atoms with Crippen LogP contribution in [-0.2, 0) is 16.6 Å². The SMILES string of the molecule is Cn1nc(C(=O)C2CCCC(=O)C2=O)c2ccccc21. The highest BCUT2D eigenvalue weighted by Crippen LogP contribution is 2.26.